The van der Waals surface area contributed by atoms with Crippen LogP contribution in [0.1, 0.15) is 31.0 Å². The maximum Gasteiger partial charge on any atom is 0.434 e. The lowest BCUT2D eigenvalue weighted by atomic mass is 10.1. The number of aromatic nitrogens is 4. The zero-order valence-corrected chi connectivity index (χ0v) is 20.6. The molecule has 14 heteroatoms. The normalized spacial score (nSPS) is 14.3. The van der Waals surface area contributed by atoms with E-state index >= 15 is 0 Å². The van der Waals surface area contributed by atoms with Gasteiger partial charge in [-0.3, -0.25) is 14.9 Å². The number of hydrogen-bond donors (Lipinski definition) is 0. The fraction of sp³-hybridized carbons (Fsp3) is 0.391. The average Bonchev–Trinajstić information content (AvgIpc) is 3.51. The molecule has 0 radical (unpaired) electrons. The first kappa shape index (κ1) is 26.3. The number of halogens is 4. The summed E-state index contributed by atoms with van der Waals surface area (Å²) >= 11 is 5.95. The summed E-state index contributed by atoms with van der Waals surface area (Å²) in [6, 6.07) is 6.55. The van der Waals surface area contributed by atoms with E-state index in [4.69, 9.17) is 16.3 Å². The molecule has 2 heterocycles. The number of carbonyl (C=O) groups excluding carboxylic acids is 1. The third kappa shape index (κ3) is 5.66. The van der Waals surface area contributed by atoms with Gasteiger partial charge in [0.1, 0.15) is 12.0 Å². The second-order valence-electron chi connectivity index (χ2n) is 8.72. The molecule has 0 unspecified atom stereocenters. The molecule has 1 aliphatic rings. The van der Waals surface area contributed by atoms with E-state index in [-0.39, 0.29) is 42.3 Å². The molecular weight excluding hydrogens is 517 g/mol. The number of alkyl halides is 3. The molecule has 3 aromatic rings. The van der Waals surface area contributed by atoms with Crippen LogP contribution in [0.25, 0.3) is 11.4 Å². The van der Waals surface area contributed by atoms with Gasteiger partial charge in [0.25, 0.3) is 0 Å². The SMILES string of the molecule is CCOC(=O)C1(CN(Cc2ccc(-c3nc(C(F)(F)F)cn3C)cc2)c2nc(Cl)ncc2[N+](=O)[O-])CC1. The summed E-state index contributed by atoms with van der Waals surface area (Å²) in [5.41, 5.74) is -1.09. The van der Waals surface area contributed by atoms with Crippen LogP contribution in [0.5, 0.6) is 0 Å². The van der Waals surface area contributed by atoms with Crippen LogP contribution < -0.4 is 4.90 Å². The van der Waals surface area contributed by atoms with Gasteiger partial charge < -0.3 is 14.2 Å². The third-order valence-corrected chi connectivity index (χ3v) is 6.21. The van der Waals surface area contributed by atoms with E-state index in [1.54, 1.807) is 36.1 Å². The lowest BCUT2D eigenvalue weighted by molar-refractivity contribution is -0.384. The van der Waals surface area contributed by atoms with E-state index < -0.39 is 28.2 Å². The van der Waals surface area contributed by atoms with Crippen LogP contribution in [-0.2, 0) is 29.3 Å². The van der Waals surface area contributed by atoms with Crippen molar-refractivity contribution in [3.05, 3.63) is 63.3 Å². The summed E-state index contributed by atoms with van der Waals surface area (Å²) in [5, 5.41) is 11.5. The Kier molecular flexibility index (Phi) is 7.09. The quantitative estimate of drug-likeness (QED) is 0.165. The molecule has 0 atom stereocenters. The minimum absolute atomic E-state index is 0.0522. The average molecular weight is 539 g/mol. The van der Waals surface area contributed by atoms with Crippen LogP contribution in [0.3, 0.4) is 0 Å². The topological polar surface area (TPSA) is 116 Å². The lowest BCUT2D eigenvalue weighted by Gasteiger charge is -2.27. The Morgan fingerprint density at radius 3 is 2.49 bits per heavy atom. The van der Waals surface area contributed by atoms with E-state index in [0.717, 1.165) is 12.4 Å². The molecule has 1 fully saturated rings. The second kappa shape index (κ2) is 9.96. The number of carbonyl (C=O) groups is 1. The Morgan fingerprint density at radius 1 is 1.27 bits per heavy atom. The minimum atomic E-state index is -4.57. The second-order valence-corrected chi connectivity index (χ2v) is 9.06. The van der Waals surface area contributed by atoms with Crippen molar-refractivity contribution in [2.45, 2.75) is 32.5 Å². The van der Waals surface area contributed by atoms with Crippen molar-refractivity contribution in [2.24, 2.45) is 12.5 Å². The number of nitro groups is 1. The third-order valence-electron chi connectivity index (χ3n) is 6.02. The molecule has 2 aromatic heterocycles. The van der Waals surface area contributed by atoms with Crippen LogP contribution in [-0.4, -0.2) is 43.6 Å². The van der Waals surface area contributed by atoms with Gasteiger partial charge in [-0.25, -0.2) is 9.97 Å². The maximum atomic E-state index is 13.0. The smallest absolute Gasteiger partial charge is 0.434 e. The molecule has 0 N–H and O–H groups in total. The van der Waals surface area contributed by atoms with Crippen molar-refractivity contribution in [1.82, 2.24) is 19.5 Å². The minimum Gasteiger partial charge on any atom is -0.466 e. The van der Waals surface area contributed by atoms with Crippen molar-refractivity contribution in [3.8, 4) is 11.4 Å². The number of imidazole rings is 1. The van der Waals surface area contributed by atoms with E-state index in [2.05, 4.69) is 15.0 Å². The van der Waals surface area contributed by atoms with Crippen molar-refractivity contribution in [1.29, 1.82) is 0 Å². The van der Waals surface area contributed by atoms with Gasteiger partial charge in [0.2, 0.25) is 11.1 Å². The van der Waals surface area contributed by atoms with Gasteiger partial charge >= 0.3 is 17.8 Å². The van der Waals surface area contributed by atoms with Gasteiger partial charge in [0, 0.05) is 31.9 Å². The molecule has 0 amide bonds. The van der Waals surface area contributed by atoms with Gasteiger partial charge in [-0.15, -0.1) is 0 Å². The highest BCUT2D eigenvalue weighted by molar-refractivity contribution is 6.28. The monoisotopic (exact) mass is 538 g/mol. The number of anilines is 1. The first-order valence-electron chi connectivity index (χ1n) is 11.2. The van der Waals surface area contributed by atoms with Gasteiger partial charge in [0.15, 0.2) is 5.69 Å². The molecule has 1 aromatic carbocycles. The lowest BCUT2D eigenvalue weighted by Crippen LogP contribution is -2.36. The predicted octanol–water partition coefficient (Wildman–Crippen LogP) is 4.81. The number of hydrogen-bond acceptors (Lipinski definition) is 8. The van der Waals surface area contributed by atoms with Crippen LogP contribution in [0.2, 0.25) is 5.28 Å². The van der Waals surface area contributed by atoms with Crippen LogP contribution in [0, 0.1) is 15.5 Å². The summed E-state index contributed by atoms with van der Waals surface area (Å²) in [5.74, 6) is -0.315. The number of aryl methyl sites for hydroxylation is 1. The Bertz CT molecular complexity index is 1330. The molecule has 196 valence electrons. The number of esters is 1. The molecule has 37 heavy (non-hydrogen) atoms. The van der Waals surface area contributed by atoms with E-state index in [1.807, 2.05) is 0 Å². The fourth-order valence-corrected chi connectivity index (χ4v) is 4.12. The summed E-state index contributed by atoms with van der Waals surface area (Å²) in [7, 11) is 1.47. The van der Waals surface area contributed by atoms with Crippen molar-refractivity contribution in [2.75, 3.05) is 18.1 Å². The van der Waals surface area contributed by atoms with Crippen molar-refractivity contribution < 1.29 is 27.6 Å². The van der Waals surface area contributed by atoms with Crippen LogP contribution in [0.4, 0.5) is 24.7 Å². The predicted molar refractivity (Wildman–Crippen MR) is 127 cm³/mol. The maximum absolute atomic E-state index is 13.0. The van der Waals surface area contributed by atoms with E-state index in [0.29, 0.717) is 24.0 Å². The number of rotatable bonds is 9. The van der Waals surface area contributed by atoms with Crippen LogP contribution >= 0.6 is 11.6 Å². The zero-order chi connectivity index (χ0) is 27.0. The Morgan fingerprint density at radius 2 is 1.95 bits per heavy atom. The molecular formula is C23H22ClF3N6O4. The molecule has 0 spiro atoms. The summed E-state index contributed by atoms with van der Waals surface area (Å²) in [6.07, 6.45) is -1.55. The highest BCUT2D eigenvalue weighted by Gasteiger charge is 2.53. The summed E-state index contributed by atoms with van der Waals surface area (Å²) in [6.45, 7) is 2.09. The zero-order valence-electron chi connectivity index (χ0n) is 19.8. The highest BCUT2D eigenvalue weighted by atomic mass is 35.5. The first-order chi connectivity index (χ1) is 17.4. The van der Waals surface area contributed by atoms with Gasteiger partial charge in [-0.1, -0.05) is 24.3 Å². The highest BCUT2D eigenvalue weighted by Crippen LogP contribution is 2.48. The van der Waals surface area contributed by atoms with Gasteiger partial charge in [0.05, 0.1) is 16.9 Å². The molecule has 10 nitrogen and oxygen atoms in total. The van der Waals surface area contributed by atoms with Crippen LogP contribution in [0.15, 0.2) is 36.7 Å². The molecule has 0 aliphatic heterocycles. The first-order valence-corrected chi connectivity index (χ1v) is 11.6. The standard InChI is InChI=1S/C23H22ClF3N6O4/c1-3-37-20(34)22(8-9-22)13-32(19-16(33(35)36)10-28-21(24)30-19)11-14-4-6-15(7-5-14)18-29-17(12-31(18)2)23(25,26)27/h4-7,10,12H,3,8-9,11,13H2,1-2H3. The van der Waals surface area contributed by atoms with Gasteiger partial charge in [-0.05, 0) is 36.9 Å². The molecule has 1 aliphatic carbocycles. The fourth-order valence-electron chi connectivity index (χ4n) is 3.99. The molecule has 0 bridgehead atoms. The number of benzene rings is 1. The Labute approximate surface area is 214 Å². The van der Waals surface area contributed by atoms with Gasteiger partial charge in [-0.2, -0.15) is 18.2 Å². The van der Waals surface area contributed by atoms with E-state index in [9.17, 15) is 28.1 Å². The largest absolute Gasteiger partial charge is 0.466 e. The molecule has 1 saturated carbocycles. The Hall–Kier alpha value is -3.74. The van der Waals surface area contributed by atoms with E-state index in [1.165, 1.54) is 11.6 Å². The van der Waals surface area contributed by atoms with Crippen molar-refractivity contribution in [3.63, 3.8) is 0 Å². The number of nitrogens with zero attached hydrogens (tertiary/aromatic N) is 6. The summed E-state index contributed by atoms with van der Waals surface area (Å²) in [4.78, 5) is 36.7. The number of ether oxygens (including phenoxy) is 1. The van der Waals surface area contributed by atoms with Crippen molar-refractivity contribution >= 4 is 29.1 Å². The Balaban J connectivity index is 1.66. The summed E-state index contributed by atoms with van der Waals surface area (Å²) < 4.78 is 45.6. The molecule has 4 rings (SSSR count). The molecule has 0 saturated heterocycles.